The van der Waals surface area contributed by atoms with Crippen molar-refractivity contribution in [2.24, 2.45) is 0 Å². The Morgan fingerprint density at radius 3 is 2.55 bits per heavy atom. The molecule has 0 radical (unpaired) electrons. The molecule has 0 atom stereocenters. The summed E-state index contributed by atoms with van der Waals surface area (Å²) >= 11 is 0. The lowest BCUT2D eigenvalue weighted by Crippen LogP contribution is -2.02. The molecule has 0 aromatic heterocycles. The Morgan fingerprint density at radius 2 is 1.95 bits per heavy atom. The van der Waals surface area contributed by atoms with E-state index in [2.05, 4.69) is 0 Å². The summed E-state index contributed by atoms with van der Waals surface area (Å²) in [5.74, 6) is 0.442. The highest BCUT2D eigenvalue weighted by Crippen LogP contribution is 2.35. The van der Waals surface area contributed by atoms with Crippen molar-refractivity contribution >= 4 is 12.0 Å². The van der Waals surface area contributed by atoms with E-state index in [1.807, 2.05) is 0 Å². The number of methoxy groups -OCH3 is 1. The molecule has 2 aromatic carbocycles. The summed E-state index contributed by atoms with van der Waals surface area (Å²) in [6, 6.07) is 9.01. The van der Waals surface area contributed by atoms with Crippen LogP contribution in [0, 0.1) is 5.82 Å². The van der Waals surface area contributed by atoms with Gasteiger partial charge in [0.25, 0.3) is 0 Å². The molecule has 2 rings (SSSR count). The third kappa shape index (κ3) is 3.06. The summed E-state index contributed by atoms with van der Waals surface area (Å²) in [5.41, 5.74) is 7.36. The summed E-state index contributed by atoms with van der Waals surface area (Å²) in [4.78, 5) is 10.8. The number of hydrogen-bond acceptors (Lipinski definition) is 4. The molecule has 2 N–H and O–H groups in total. The zero-order valence-corrected chi connectivity index (χ0v) is 10.9. The molecular formula is C15H14FNO3. The highest BCUT2D eigenvalue weighted by Gasteiger charge is 2.11. The molecule has 2 aromatic rings. The average molecular weight is 275 g/mol. The van der Waals surface area contributed by atoms with Gasteiger partial charge in [0.05, 0.1) is 12.8 Å². The maximum absolute atomic E-state index is 12.8. The van der Waals surface area contributed by atoms with Crippen LogP contribution in [-0.4, -0.2) is 13.4 Å². The first-order valence-electron chi connectivity index (χ1n) is 5.94. The van der Waals surface area contributed by atoms with Gasteiger partial charge in [-0.25, -0.2) is 4.39 Å². The second-order valence-electron chi connectivity index (χ2n) is 4.17. The Balaban J connectivity index is 2.20. The van der Waals surface area contributed by atoms with Crippen LogP contribution in [0.1, 0.15) is 15.9 Å². The van der Waals surface area contributed by atoms with E-state index in [9.17, 15) is 9.18 Å². The van der Waals surface area contributed by atoms with Gasteiger partial charge in [0.15, 0.2) is 11.5 Å². The van der Waals surface area contributed by atoms with E-state index in [1.54, 1.807) is 18.2 Å². The Hall–Kier alpha value is -2.56. The third-order valence-electron chi connectivity index (χ3n) is 2.76. The molecule has 20 heavy (non-hydrogen) atoms. The summed E-state index contributed by atoms with van der Waals surface area (Å²) in [6.45, 7) is 0.223. The summed E-state index contributed by atoms with van der Waals surface area (Å²) in [6.07, 6.45) is 0.683. The van der Waals surface area contributed by atoms with Crippen LogP contribution in [-0.2, 0) is 6.61 Å². The monoisotopic (exact) mass is 275 g/mol. The predicted molar refractivity (Wildman–Crippen MR) is 73.5 cm³/mol. The fourth-order valence-corrected chi connectivity index (χ4v) is 1.76. The van der Waals surface area contributed by atoms with Crippen LogP contribution in [0.3, 0.4) is 0 Å². The van der Waals surface area contributed by atoms with Crippen LogP contribution < -0.4 is 15.2 Å². The minimum atomic E-state index is -0.304. The molecular weight excluding hydrogens is 261 g/mol. The molecule has 0 saturated heterocycles. The van der Waals surface area contributed by atoms with Crippen molar-refractivity contribution in [1.82, 2.24) is 0 Å². The maximum Gasteiger partial charge on any atom is 0.184 e. The standard InChI is InChI=1S/C15H14FNO3/c1-19-14-7-11(8-18)6-13(17)15(14)20-9-10-2-4-12(16)5-3-10/h2-8H,9,17H2,1H3. The molecule has 0 saturated carbocycles. The number of aldehydes is 1. The van der Waals surface area contributed by atoms with Crippen LogP contribution in [0.15, 0.2) is 36.4 Å². The highest BCUT2D eigenvalue weighted by molar-refractivity contribution is 5.80. The first-order valence-corrected chi connectivity index (χ1v) is 5.94. The summed E-state index contributed by atoms with van der Waals surface area (Å²) in [5, 5.41) is 0. The average Bonchev–Trinajstić information content (AvgIpc) is 2.47. The molecule has 0 spiro atoms. The van der Waals surface area contributed by atoms with E-state index in [4.69, 9.17) is 15.2 Å². The number of hydrogen-bond donors (Lipinski definition) is 1. The zero-order valence-electron chi connectivity index (χ0n) is 10.9. The highest BCUT2D eigenvalue weighted by atomic mass is 19.1. The Kier molecular flexibility index (Phi) is 4.20. The molecule has 104 valence electrons. The molecule has 0 heterocycles. The van der Waals surface area contributed by atoms with Crippen LogP contribution in [0.25, 0.3) is 0 Å². The number of carbonyl (C=O) groups is 1. The molecule has 4 nitrogen and oxygen atoms in total. The quantitative estimate of drug-likeness (QED) is 0.673. The van der Waals surface area contributed by atoms with E-state index in [-0.39, 0.29) is 12.4 Å². The van der Waals surface area contributed by atoms with Gasteiger partial charge in [-0.15, -0.1) is 0 Å². The van der Waals surface area contributed by atoms with Crippen molar-refractivity contribution in [1.29, 1.82) is 0 Å². The smallest absolute Gasteiger partial charge is 0.184 e. The van der Waals surface area contributed by atoms with E-state index >= 15 is 0 Å². The Morgan fingerprint density at radius 1 is 1.25 bits per heavy atom. The second-order valence-corrected chi connectivity index (χ2v) is 4.17. The molecule has 0 fully saturated rings. The van der Waals surface area contributed by atoms with Gasteiger partial charge >= 0.3 is 0 Å². The molecule has 5 heteroatoms. The van der Waals surface area contributed by atoms with Crippen LogP contribution in [0.2, 0.25) is 0 Å². The van der Waals surface area contributed by atoms with Gasteiger partial charge in [0.1, 0.15) is 18.7 Å². The third-order valence-corrected chi connectivity index (χ3v) is 2.76. The number of nitrogens with two attached hydrogens (primary N) is 1. The summed E-state index contributed by atoms with van der Waals surface area (Å²) in [7, 11) is 1.47. The van der Waals surface area contributed by atoms with Crippen LogP contribution in [0.5, 0.6) is 11.5 Å². The van der Waals surface area contributed by atoms with Crippen molar-refractivity contribution in [3.05, 3.63) is 53.3 Å². The fraction of sp³-hybridized carbons (Fsp3) is 0.133. The first kappa shape index (κ1) is 13.9. The van der Waals surface area contributed by atoms with Crippen molar-refractivity contribution in [3.8, 4) is 11.5 Å². The lowest BCUT2D eigenvalue weighted by molar-refractivity contribution is 0.112. The van der Waals surface area contributed by atoms with Gasteiger partial charge in [-0.3, -0.25) is 4.79 Å². The van der Waals surface area contributed by atoms with Gasteiger partial charge in [-0.05, 0) is 29.8 Å². The van der Waals surface area contributed by atoms with Crippen molar-refractivity contribution in [2.75, 3.05) is 12.8 Å². The number of ether oxygens (including phenoxy) is 2. The Labute approximate surface area is 115 Å². The molecule has 0 unspecified atom stereocenters. The fourth-order valence-electron chi connectivity index (χ4n) is 1.76. The van der Waals surface area contributed by atoms with E-state index in [0.29, 0.717) is 29.0 Å². The predicted octanol–water partition coefficient (Wildman–Crippen LogP) is 2.81. The largest absolute Gasteiger partial charge is 0.493 e. The number of anilines is 1. The van der Waals surface area contributed by atoms with Gasteiger partial charge in [-0.2, -0.15) is 0 Å². The Bertz CT molecular complexity index is 611. The first-order chi connectivity index (χ1) is 9.63. The van der Waals surface area contributed by atoms with Crippen molar-refractivity contribution in [3.63, 3.8) is 0 Å². The maximum atomic E-state index is 12.8. The van der Waals surface area contributed by atoms with Crippen molar-refractivity contribution < 1.29 is 18.7 Å². The molecule has 0 aliphatic heterocycles. The number of rotatable bonds is 5. The number of halogens is 1. The number of carbonyl (C=O) groups excluding carboxylic acids is 1. The van der Waals surface area contributed by atoms with Gasteiger partial charge in [0.2, 0.25) is 0 Å². The van der Waals surface area contributed by atoms with Crippen LogP contribution >= 0.6 is 0 Å². The van der Waals surface area contributed by atoms with E-state index in [0.717, 1.165) is 5.56 Å². The molecule has 0 aliphatic rings. The lowest BCUT2D eigenvalue weighted by atomic mass is 10.2. The topological polar surface area (TPSA) is 61.5 Å². The summed E-state index contributed by atoms with van der Waals surface area (Å²) < 4.78 is 23.6. The molecule has 0 bridgehead atoms. The van der Waals surface area contributed by atoms with E-state index in [1.165, 1.54) is 25.3 Å². The van der Waals surface area contributed by atoms with Gasteiger partial charge in [0, 0.05) is 5.56 Å². The van der Waals surface area contributed by atoms with E-state index < -0.39 is 0 Å². The SMILES string of the molecule is COc1cc(C=O)cc(N)c1OCc1ccc(F)cc1. The minimum absolute atomic E-state index is 0.223. The molecule has 0 amide bonds. The van der Waals surface area contributed by atoms with Crippen molar-refractivity contribution in [2.45, 2.75) is 6.61 Å². The molecule has 0 aliphatic carbocycles. The van der Waals surface area contributed by atoms with Gasteiger partial charge in [-0.1, -0.05) is 12.1 Å². The van der Waals surface area contributed by atoms with Crippen LogP contribution in [0.4, 0.5) is 10.1 Å². The normalized spacial score (nSPS) is 10.1. The zero-order chi connectivity index (χ0) is 14.5. The second kappa shape index (κ2) is 6.06. The number of benzene rings is 2. The lowest BCUT2D eigenvalue weighted by Gasteiger charge is -2.13. The number of nitrogen functional groups attached to an aromatic ring is 1. The van der Waals surface area contributed by atoms with Gasteiger partial charge < -0.3 is 15.2 Å². The minimum Gasteiger partial charge on any atom is -0.493 e.